The topological polar surface area (TPSA) is 68.3 Å². The van der Waals surface area contributed by atoms with Crippen molar-refractivity contribution in [1.29, 1.82) is 0 Å². The Bertz CT molecular complexity index is 1240. The van der Waals surface area contributed by atoms with Gasteiger partial charge in [-0.25, -0.2) is 4.98 Å². The molecule has 0 aliphatic carbocycles. The normalized spacial score (nSPS) is 11.0. The zero-order chi connectivity index (χ0) is 21.1. The Hall–Kier alpha value is -2.84. The van der Waals surface area contributed by atoms with E-state index in [0.29, 0.717) is 34.1 Å². The van der Waals surface area contributed by atoms with E-state index in [2.05, 4.69) is 20.9 Å². The largest absolute Gasteiger partial charge is 0.467 e. The van der Waals surface area contributed by atoms with Gasteiger partial charge in [0.2, 0.25) is 5.91 Å². The van der Waals surface area contributed by atoms with Crippen molar-refractivity contribution in [3.63, 3.8) is 0 Å². The van der Waals surface area contributed by atoms with E-state index in [9.17, 15) is 9.59 Å². The third kappa shape index (κ3) is 4.34. The second kappa shape index (κ2) is 8.89. The molecule has 0 bridgehead atoms. The summed E-state index contributed by atoms with van der Waals surface area (Å²) < 4.78 is 7.67. The number of para-hydroxylation sites is 1. The highest BCUT2D eigenvalue weighted by atomic mass is 79.9. The van der Waals surface area contributed by atoms with Crippen molar-refractivity contribution in [2.24, 2.45) is 0 Å². The second-order valence-corrected chi connectivity index (χ2v) is 8.51. The number of aromatic nitrogens is 2. The van der Waals surface area contributed by atoms with Gasteiger partial charge >= 0.3 is 0 Å². The van der Waals surface area contributed by atoms with Crippen molar-refractivity contribution in [3.05, 3.63) is 87.5 Å². The number of nitrogens with zero attached hydrogens (tertiary/aromatic N) is 3. The van der Waals surface area contributed by atoms with Crippen LogP contribution in [0, 0.1) is 0 Å². The highest BCUT2D eigenvalue weighted by Gasteiger charge is 2.17. The van der Waals surface area contributed by atoms with Crippen LogP contribution in [0.2, 0.25) is 0 Å². The van der Waals surface area contributed by atoms with Gasteiger partial charge in [0, 0.05) is 11.5 Å². The van der Waals surface area contributed by atoms with Gasteiger partial charge in [-0.05, 0) is 42.5 Å². The minimum absolute atomic E-state index is 0.0823. The van der Waals surface area contributed by atoms with Crippen LogP contribution in [0.5, 0.6) is 0 Å². The highest BCUT2D eigenvalue weighted by molar-refractivity contribution is 9.10. The zero-order valence-corrected chi connectivity index (χ0v) is 18.5. The second-order valence-electron chi connectivity index (χ2n) is 6.65. The first-order valence-electron chi connectivity index (χ1n) is 9.20. The molecule has 0 saturated heterocycles. The molecule has 0 spiro atoms. The molecule has 1 amide bonds. The first kappa shape index (κ1) is 20.4. The predicted octanol–water partition coefficient (Wildman–Crippen LogP) is 4.49. The lowest BCUT2D eigenvalue weighted by Gasteiger charge is -2.17. The molecule has 2 aromatic heterocycles. The van der Waals surface area contributed by atoms with Crippen molar-refractivity contribution >= 4 is 44.5 Å². The van der Waals surface area contributed by atoms with Crippen LogP contribution in [-0.2, 0) is 11.3 Å². The van der Waals surface area contributed by atoms with Gasteiger partial charge in [0.05, 0.1) is 35.2 Å². The fraction of sp³-hybridized carbons (Fsp3) is 0.136. The van der Waals surface area contributed by atoms with Crippen LogP contribution in [0.15, 0.2) is 85.8 Å². The Morgan fingerprint density at radius 1 is 1.17 bits per heavy atom. The van der Waals surface area contributed by atoms with Crippen molar-refractivity contribution in [3.8, 4) is 5.69 Å². The van der Waals surface area contributed by atoms with Gasteiger partial charge in [0.25, 0.3) is 5.56 Å². The molecule has 2 aromatic carbocycles. The summed E-state index contributed by atoms with van der Waals surface area (Å²) in [4.78, 5) is 32.2. The average molecular weight is 484 g/mol. The molecule has 0 atom stereocenters. The standard InChI is InChI=1S/C22H18BrN3O3S/c1-25(13-17-8-5-11-29-17)20(27)14-30-22-24-19-10-9-15(23)12-18(19)21(28)26(22)16-6-3-2-4-7-16/h2-12H,13-14H2,1H3. The molecule has 0 aliphatic heterocycles. The van der Waals surface area contributed by atoms with Gasteiger partial charge < -0.3 is 9.32 Å². The van der Waals surface area contributed by atoms with E-state index in [4.69, 9.17) is 4.42 Å². The molecule has 4 rings (SSSR count). The molecule has 0 saturated carbocycles. The van der Waals surface area contributed by atoms with Gasteiger partial charge in [0.15, 0.2) is 5.16 Å². The van der Waals surface area contributed by atoms with E-state index in [1.54, 1.807) is 41.0 Å². The molecule has 30 heavy (non-hydrogen) atoms. The molecular formula is C22H18BrN3O3S. The van der Waals surface area contributed by atoms with Gasteiger partial charge in [0.1, 0.15) is 5.76 Å². The Kier molecular flexibility index (Phi) is 6.06. The maximum Gasteiger partial charge on any atom is 0.266 e. The van der Waals surface area contributed by atoms with Crippen molar-refractivity contribution in [2.75, 3.05) is 12.8 Å². The summed E-state index contributed by atoms with van der Waals surface area (Å²) in [5, 5.41) is 0.986. The number of carbonyl (C=O) groups is 1. The van der Waals surface area contributed by atoms with Gasteiger partial charge in [-0.2, -0.15) is 0 Å². The van der Waals surface area contributed by atoms with E-state index >= 15 is 0 Å². The third-order valence-corrected chi connectivity index (χ3v) is 5.95. The molecule has 0 fully saturated rings. The van der Waals surface area contributed by atoms with Crippen molar-refractivity contribution in [2.45, 2.75) is 11.7 Å². The summed E-state index contributed by atoms with van der Waals surface area (Å²) in [6.45, 7) is 0.386. The summed E-state index contributed by atoms with van der Waals surface area (Å²) in [5.41, 5.74) is 1.12. The van der Waals surface area contributed by atoms with Gasteiger partial charge in [-0.15, -0.1) is 0 Å². The summed E-state index contributed by atoms with van der Waals surface area (Å²) in [7, 11) is 1.72. The molecule has 4 aromatic rings. The van der Waals surface area contributed by atoms with Gasteiger partial charge in [-0.3, -0.25) is 14.2 Å². The van der Waals surface area contributed by atoms with E-state index in [1.807, 2.05) is 42.5 Å². The maximum absolute atomic E-state index is 13.3. The number of halogens is 1. The Labute approximate surface area is 185 Å². The minimum Gasteiger partial charge on any atom is -0.467 e. The number of fused-ring (bicyclic) bond motifs is 1. The molecule has 8 heteroatoms. The molecule has 0 aliphatic rings. The van der Waals surface area contributed by atoms with E-state index < -0.39 is 0 Å². The third-order valence-electron chi connectivity index (χ3n) is 4.54. The SMILES string of the molecule is CN(Cc1ccco1)C(=O)CSc1nc2ccc(Br)cc2c(=O)n1-c1ccccc1. The number of hydrogen-bond acceptors (Lipinski definition) is 5. The number of carbonyl (C=O) groups excluding carboxylic acids is 1. The van der Waals surface area contributed by atoms with E-state index in [-0.39, 0.29) is 17.2 Å². The molecule has 2 heterocycles. The summed E-state index contributed by atoms with van der Waals surface area (Å²) >= 11 is 4.66. The van der Waals surface area contributed by atoms with Crippen LogP contribution in [0.1, 0.15) is 5.76 Å². The Morgan fingerprint density at radius 3 is 2.70 bits per heavy atom. The lowest BCUT2D eigenvalue weighted by molar-refractivity contribution is -0.127. The lowest BCUT2D eigenvalue weighted by Crippen LogP contribution is -2.28. The van der Waals surface area contributed by atoms with E-state index in [0.717, 1.165) is 4.47 Å². The monoisotopic (exact) mass is 483 g/mol. The van der Waals surface area contributed by atoms with Crippen LogP contribution >= 0.6 is 27.7 Å². The fourth-order valence-corrected chi connectivity index (χ4v) is 4.31. The van der Waals surface area contributed by atoms with Gasteiger partial charge in [-0.1, -0.05) is 45.9 Å². The number of benzene rings is 2. The number of hydrogen-bond donors (Lipinski definition) is 0. The maximum atomic E-state index is 13.3. The van der Waals surface area contributed by atoms with Crippen LogP contribution in [0.4, 0.5) is 0 Å². The number of thioether (sulfide) groups is 1. The molecule has 6 nitrogen and oxygen atoms in total. The molecule has 152 valence electrons. The molecule has 0 unspecified atom stereocenters. The van der Waals surface area contributed by atoms with Crippen LogP contribution in [0.25, 0.3) is 16.6 Å². The zero-order valence-electron chi connectivity index (χ0n) is 16.1. The fourth-order valence-electron chi connectivity index (χ4n) is 3.00. The Balaban J connectivity index is 1.66. The summed E-state index contributed by atoms with van der Waals surface area (Å²) in [6.07, 6.45) is 1.58. The van der Waals surface area contributed by atoms with Crippen LogP contribution in [-0.4, -0.2) is 33.2 Å². The average Bonchev–Trinajstić information content (AvgIpc) is 3.26. The van der Waals surface area contributed by atoms with Crippen LogP contribution < -0.4 is 5.56 Å². The number of furan rings is 1. The molecule has 0 N–H and O–H groups in total. The predicted molar refractivity (Wildman–Crippen MR) is 121 cm³/mol. The quantitative estimate of drug-likeness (QED) is 0.298. The molecular weight excluding hydrogens is 466 g/mol. The molecule has 0 radical (unpaired) electrons. The summed E-state index contributed by atoms with van der Waals surface area (Å²) in [6, 6.07) is 18.3. The van der Waals surface area contributed by atoms with Crippen molar-refractivity contribution < 1.29 is 9.21 Å². The highest BCUT2D eigenvalue weighted by Crippen LogP contribution is 2.23. The minimum atomic E-state index is -0.175. The van der Waals surface area contributed by atoms with E-state index in [1.165, 1.54) is 11.8 Å². The number of rotatable bonds is 6. The summed E-state index contributed by atoms with van der Waals surface area (Å²) in [5.74, 6) is 0.783. The van der Waals surface area contributed by atoms with Crippen molar-refractivity contribution in [1.82, 2.24) is 14.5 Å². The number of amides is 1. The first-order chi connectivity index (χ1) is 14.5. The Morgan fingerprint density at radius 2 is 1.97 bits per heavy atom. The van der Waals surface area contributed by atoms with Crippen LogP contribution in [0.3, 0.4) is 0 Å². The first-order valence-corrected chi connectivity index (χ1v) is 11.0. The lowest BCUT2D eigenvalue weighted by atomic mass is 10.2. The smallest absolute Gasteiger partial charge is 0.266 e.